The standard InChI is InChI=1S/C25H28O6/c1-13(2)5-7-15-9-16(10-21(29)24(15)30)22-12-20(28)23-19(27)11-18(26)17(25(23)31-22)8-6-14(3)4/h5-6,9-11,22,26-27,29-30H,7-8,12H2,1-4H3. The second kappa shape index (κ2) is 8.76. The van der Waals surface area contributed by atoms with Crippen LogP contribution in [0.2, 0.25) is 0 Å². The third-order valence-corrected chi connectivity index (χ3v) is 5.26. The number of hydrogen-bond acceptors (Lipinski definition) is 6. The van der Waals surface area contributed by atoms with E-state index in [9.17, 15) is 25.2 Å². The Balaban J connectivity index is 2.07. The van der Waals surface area contributed by atoms with Gasteiger partial charge in [-0.1, -0.05) is 23.3 Å². The van der Waals surface area contributed by atoms with Crippen molar-refractivity contribution in [2.45, 2.75) is 53.1 Å². The fraction of sp³-hybridized carbons (Fsp3) is 0.320. The van der Waals surface area contributed by atoms with Crippen molar-refractivity contribution >= 4 is 5.78 Å². The monoisotopic (exact) mass is 424 g/mol. The van der Waals surface area contributed by atoms with Gasteiger partial charge in [0.15, 0.2) is 17.3 Å². The second-order valence-corrected chi connectivity index (χ2v) is 8.35. The average Bonchev–Trinajstić information content (AvgIpc) is 2.67. The highest BCUT2D eigenvalue weighted by Crippen LogP contribution is 2.46. The van der Waals surface area contributed by atoms with E-state index in [0.29, 0.717) is 29.5 Å². The molecule has 0 aliphatic carbocycles. The molecule has 1 unspecified atom stereocenters. The largest absolute Gasteiger partial charge is 0.507 e. The van der Waals surface area contributed by atoms with Gasteiger partial charge in [0, 0.05) is 17.2 Å². The number of carbonyl (C=O) groups excluding carboxylic acids is 1. The van der Waals surface area contributed by atoms with E-state index in [-0.39, 0.29) is 46.5 Å². The van der Waals surface area contributed by atoms with Gasteiger partial charge in [0.2, 0.25) is 0 Å². The lowest BCUT2D eigenvalue weighted by Crippen LogP contribution is -2.22. The zero-order chi connectivity index (χ0) is 22.9. The van der Waals surface area contributed by atoms with Crippen molar-refractivity contribution in [2.75, 3.05) is 0 Å². The molecule has 0 radical (unpaired) electrons. The zero-order valence-electron chi connectivity index (χ0n) is 18.2. The molecule has 1 atom stereocenters. The predicted octanol–water partition coefficient (Wildman–Crippen LogP) is 5.23. The predicted molar refractivity (Wildman–Crippen MR) is 118 cm³/mol. The van der Waals surface area contributed by atoms with E-state index in [1.165, 1.54) is 12.1 Å². The van der Waals surface area contributed by atoms with Crippen LogP contribution in [0.4, 0.5) is 0 Å². The van der Waals surface area contributed by atoms with E-state index in [0.717, 1.165) is 11.1 Å². The molecule has 1 aliphatic rings. The first kappa shape index (κ1) is 22.3. The van der Waals surface area contributed by atoms with Gasteiger partial charge >= 0.3 is 0 Å². The smallest absolute Gasteiger partial charge is 0.174 e. The molecule has 1 aliphatic heterocycles. The Morgan fingerprint density at radius 1 is 0.935 bits per heavy atom. The Morgan fingerprint density at radius 2 is 1.58 bits per heavy atom. The van der Waals surface area contributed by atoms with Crippen LogP contribution in [0.25, 0.3) is 0 Å². The maximum Gasteiger partial charge on any atom is 0.174 e. The van der Waals surface area contributed by atoms with Gasteiger partial charge in [-0.05, 0) is 58.2 Å². The number of aromatic hydroxyl groups is 4. The van der Waals surface area contributed by atoms with Crippen molar-refractivity contribution in [1.82, 2.24) is 0 Å². The maximum atomic E-state index is 12.9. The van der Waals surface area contributed by atoms with E-state index >= 15 is 0 Å². The summed E-state index contributed by atoms with van der Waals surface area (Å²) in [5.74, 6) is -1.15. The summed E-state index contributed by atoms with van der Waals surface area (Å²) >= 11 is 0. The summed E-state index contributed by atoms with van der Waals surface area (Å²) in [5.41, 5.74) is 3.62. The molecule has 3 rings (SSSR count). The third-order valence-electron chi connectivity index (χ3n) is 5.26. The van der Waals surface area contributed by atoms with Crippen LogP contribution in [-0.4, -0.2) is 26.2 Å². The number of phenols is 4. The van der Waals surface area contributed by atoms with Crippen molar-refractivity contribution in [3.63, 3.8) is 0 Å². The molecule has 0 bridgehead atoms. The van der Waals surface area contributed by atoms with Gasteiger partial charge in [0.1, 0.15) is 28.9 Å². The van der Waals surface area contributed by atoms with Crippen LogP contribution in [0.15, 0.2) is 41.5 Å². The van der Waals surface area contributed by atoms with E-state index < -0.39 is 6.10 Å². The van der Waals surface area contributed by atoms with Crippen molar-refractivity contribution in [2.24, 2.45) is 0 Å². The van der Waals surface area contributed by atoms with Crippen LogP contribution in [0, 0.1) is 0 Å². The molecule has 0 saturated heterocycles. The van der Waals surface area contributed by atoms with Gasteiger partial charge < -0.3 is 25.2 Å². The van der Waals surface area contributed by atoms with Crippen molar-refractivity contribution in [3.05, 3.63) is 63.8 Å². The van der Waals surface area contributed by atoms with E-state index in [1.54, 1.807) is 6.07 Å². The number of fused-ring (bicyclic) bond motifs is 1. The van der Waals surface area contributed by atoms with Crippen molar-refractivity contribution in [1.29, 1.82) is 0 Å². The Morgan fingerprint density at radius 3 is 2.23 bits per heavy atom. The minimum Gasteiger partial charge on any atom is -0.507 e. The van der Waals surface area contributed by atoms with Gasteiger partial charge in [0.25, 0.3) is 0 Å². The molecule has 6 heteroatoms. The molecule has 1 heterocycles. The fourth-order valence-corrected chi connectivity index (χ4v) is 3.57. The Kier molecular flexibility index (Phi) is 6.29. The fourth-order valence-electron chi connectivity index (χ4n) is 3.57. The van der Waals surface area contributed by atoms with Gasteiger partial charge in [0.05, 0.1) is 6.42 Å². The van der Waals surface area contributed by atoms with Crippen LogP contribution in [0.5, 0.6) is 28.7 Å². The highest BCUT2D eigenvalue weighted by atomic mass is 16.5. The molecule has 0 amide bonds. The first-order valence-electron chi connectivity index (χ1n) is 10.2. The lowest BCUT2D eigenvalue weighted by atomic mass is 9.91. The lowest BCUT2D eigenvalue weighted by Gasteiger charge is -2.28. The van der Waals surface area contributed by atoms with Crippen molar-refractivity contribution in [3.8, 4) is 28.7 Å². The number of hydrogen-bond donors (Lipinski definition) is 4. The minimum atomic E-state index is -0.733. The normalized spacial score (nSPS) is 15.1. The van der Waals surface area contributed by atoms with Crippen LogP contribution < -0.4 is 4.74 Å². The first-order valence-corrected chi connectivity index (χ1v) is 10.2. The van der Waals surface area contributed by atoms with E-state index in [4.69, 9.17) is 4.74 Å². The Hall–Kier alpha value is -3.41. The molecule has 0 aromatic heterocycles. The highest BCUT2D eigenvalue weighted by Gasteiger charge is 2.34. The summed E-state index contributed by atoms with van der Waals surface area (Å²) in [6, 6.07) is 4.25. The number of rotatable bonds is 5. The minimum absolute atomic E-state index is 0.0419. The zero-order valence-corrected chi connectivity index (χ0v) is 18.2. The molecule has 4 N–H and O–H groups in total. The molecule has 164 valence electrons. The van der Waals surface area contributed by atoms with Gasteiger partial charge in [-0.3, -0.25) is 4.79 Å². The summed E-state index contributed by atoms with van der Waals surface area (Å²) in [4.78, 5) is 12.9. The highest BCUT2D eigenvalue weighted by molar-refractivity contribution is 6.03. The van der Waals surface area contributed by atoms with Gasteiger partial charge in [-0.25, -0.2) is 0 Å². The van der Waals surface area contributed by atoms with Crippen LogP contribution in [0.3, 0.4) is 0 Å². The van der Waals surface area contributed by atoms with Crippen LogP contribution >= 0.6 is 0 Å². The molecule has 0 spiro atoms. The Labute approximate surface area is 181 Å². The quantitative estimate of drug-likeness (QED) is 0.387. The number of ketones is 1. The maximum absolute atomic E-state index is 12.9. The second-order valence-electron chi connectivity index (χ2n) is 8.35. The number of ether oxygens (including phenoxy) is 1. The van der Waals surface area contributed by atoms with Gasteiger partial charge in [-0.2, -0.15) is 0 Å². The molecule has 0 fully saturated rings. The first-order chi connectivity index (χ1) is 14.6. The number of Topliss-reactive ketones (excluding diaryl/α,β-unsaturated/α-hetero) is 1. The molecule has 2 aromatic carbocycles. The van der Waals surface area contributed by atoms with E-state index in [1.807, 2.05) is 39.8 Å². The Bertz CT molecular complexity index is 1090. The number of allylic oxidation sites excluding steroid dienone is 4. The molecular weight excluding hydrogens is 396 g/mol. The summed E-state index contributed by atoms with van der Waals surface area (Å²) in [5, 5.41) is 41.1. The van der Waals surface area contributed by atoms with Crippen LogP contribution in [0.1, 0.15) is 67.3 Å². The van der Waals surface area contributed by atoms with E-state index in [2.05, 4.69) is 0 Å². The van der Waals surface area contributed by atoms with Crippen molar-refractivity contribution < 1.29 is 30.0 Å². The number of phenolic OH excluding ortho intramolecular Hbond substituents is 4. The third kappa shape index (κ3) is 4.68. The number of carbonyl (C=O) groups is 1. The molecule has 6 nitrogen and oxygen atoms in total. The lowest BCUT2D eigenvalue weighted by molar-refractivity contribution is 0.0842. The summed E-state index contributed by atoms with van der Waals surface area (Å²) < 4.78 is 6.11. The average molecular weight is 424 g/mol. The molecule has 2 aromatic rings. The molecular formula is C25H28O6. The summed E-state index contributed by atoms with van der Waals surface area (Å²) in [7, 11) is 0. The summed E-state index contributed by atoms with van der Waals surface area (Å²) in [6.07, 6.45) is 3.80. The topological polar surface area (TPSA) is 107 Å². The summed E-state index contributed by atoms with van der Waals surface area (Å²) in [6.45, 7) is 7.72. The molecule has 0 saturated carbocycles. The van der Waals surface area contributed by atoms with Gasteiger partial charge in [-0.15, -0.1) is 0 Å². The number of benzene rings is 2. The SMILES string of the molecule is CC(C)=CCc1cc(C2CC(=O)c3c(O)cc(O)c(CC=C(C)C)c3O2)cc(O)c1O. The van der Waals surface area contributed by atoms with Crippen LogP contribution in [-0.2, 0) is 12.8 Å². The molecule has 31 heavy (non-hydrogen) atoms.